The van der Waals surface area contributed by atoms with Gasteiger partial charge >= 0.3 is 0 Å². The fourth-order valence-corrected chi connectivity index (χ4v) is 1.22. The van der Waals surface area contributed by atoms with E-state index >= 15 is 0 Å². The highest BCUT2D eigenvalue weighted by molar-refractivity contribution is 5.76. The summed E-state index contributed by atoms with van der Waals surface area (Å²) in [5.41, 5.74) is 0. The predicted molar refractivity (Wildman–Crippen MR) is 56.6 cm³/mol. The Hall–Kier alpha value is -1.04. The molecule has 0 rings (SSSR count). The van der Waals surface area contributed by atoms with E-state index in [-0.39, 0.29) is 12.5 Å². The summed E-state index contributed by atoms with van der Waals surface area (Å²) in [4.78, 5) is 13.3. The normalized spacial score (nSPS) is 11.9. The molecular weight excluding hydrogens is 176 g/mol. The summed E-state index contributed by atoms with van der Waals surface area (Å²) < 4.78 is 0. The van der Waals surface area contributed by atoms with E-state index in [4.69, 9.17) is 5.26 Å². The lowest BCUT2D eigenvalue weighted by Crippen LogP contribution is -2.33. The van der Waals surface area contributed by atoms with Crippen LogP contribution in [0, 0.1) is 17.2 Å². The third kappa shape index (κ3) is 4.86. The molecule has 0 aliphatic carbocycles. The Kier molecular flexibility index (Phi) is 6.82. The highest BCUT2D eigenvalue weighted by atomic mass is 16.2. The maximum Gasteiger partial charge on any atom is 0.223 e. The predicted octanol–water partition coefficient (Wildman–Crippen LogP) is 2.18. The van der Waals surface area contributed by atoms with Gasteiger partial charge in [0.1, 0.15) is 6.54 Å². The van der Waals surface area contributed by atoms with E-state index in [0.717, 1.165) is 12.8 Å². The molecule has 1 atom stereocenters. The minimum Gasteiger partial charge on any atom is -0.329 e. The molecule has 1 amide bonds. The van der Waals surface area contributed by atoms with E-state index < -0.39 is 0 Å². The Morgan fingerprint density at radius 2 is 2.14 bits per heavy atom. The quantitative estimate of drug-likeness (QED) is 0.611. The summed E-state index contributed by atoms with van der Waals surface area (Å²) in [5.74, 6) is 0.531. The van der Waals surface area contributed by atoms with Crippen molar-refractivity contribution in [2.75, 3.05) is 13.1 Å². The molecule has 0 spiro atoms. The fourth-order valence-electron chi connectivity index (χ4n) is 1.22. The molecule has 0 aromatic carbocycles. The fraction of sp³-hybridized carbons (Fsp3) is 0.818. The van der Waals surface area contributed by atoms with Crippen LogP contribution in [-0.4, -0.2) is 23.9 Å². The molecule has 0 aromatic heterocycles. The van der Waals surface area contributed by atoms with Crippen molar-refractivity contribution in [1.82, 2.24) is 4.90 Å². The van der Waals surface area contributed by atoms with Gasteiger partial charge in [0.05, 0.1) is 6.07 Å². The molecular formula is C11H20N2O. The van der Waals surface area contributed by atoms with Gasteiger partial charge in [-0.15, -0.1) is 0 Å². The molecule has 0 aliphatic heterocycles. The Balaban J connectivity index is 4.08. The lowest BCUT2D eigenvalue weighted by atomic mass is 10.0. The lowest BCUT2D eigenvalue weighted by molar-refractivity contribution is -0.131. The van der Waals surface area contributed by atoms with E-state index in [0.29, 0.717) is 18.9 Å². The molecule has 0 aliphatic rings. The maximum absolute atomic E-state index is 11.7. The maximum atomic E-state index is 11.7. The van der Waals surface area contributed by atoms with Crippen LogP contribution >= 0.6 is 0 Å². The molecule has 0 saturated heterocycles. The second-order valence-corrected chi connectivity index (χ2v) is 3.69. The summed E-state index contributed by atoms with van der Waals surface area (Å²) in [6.45, 7) is 7.08. The first-order valence-electron chi connectivity index (χ1n) is 5.30. The van der Waals surface area contributed by atoms with E-state index in [2.05, 4.69) is 13.8 Å². The van der Waals surface area contributed by atoms with Crippen molar-refractivity contribution < 1.29 is 4.79 Å². The zero-order valence-corrected chi connectivity index (χ0v) is 9.42. The van der Waals surface area contributed by atoms with Crippen molar-refractivity contribution >= 4 is 5.91 Å². The van der Waals surface area contributed by atoms with Gasteiger partial charge in [-0.25, -0.2) is 0 Å². The molecule has 1 unspecified atom stereocenters. The molecule has 0 N–H and O–H groups in total. The Morgan fingerprint density at radius 1 is 1.50 bits per heavy atom. The zero-order chi connectivity index (χ0) is 11.0. The van der Waals surface area contributed by atoms with E-state index in [9.17, 15) is 4.79 Å². The smallest absolute Gasteiger partial charge is 0.223 e. The number of amides is 1. The topological polar surface area (TPSA) is 44.1 Å². The van der Waals surface area contributed by atoms with Crippen LogP contribution in [0.3, 0.4) is 0 Å². The van der Waals surface area contributed by atoms with Crippen molar-refractivity contribution in [2.45, 2.75) is 40.0 Å². The number of hydrogen-bond donors (Lipinski definition) is 0. The van der Waals surface area contributed by atoms with Gasteiger partial charge in [-0.1, -0.05) is 27.2 Å². The van der Waals surface area contributed by atoms with Crippen LogP contribution in [0.1, 0.15) is 40.0 Å². The highest BCUT2D eigenvalue weighted by Gasteiger charge is 2.14. The van der Waals surface area contributed by atoms with Crippen LogP contribution in [0.5, 0.6) is 0 Å². The highest BCUT2D eigenvalue weighted by Crippen LogP contribution is 2.09. The Labute approximate surface area is 86.7 Å². The van der Waals surface area contributed by atoms with Crippen LogP contribution in [0.25, 0.3) is 0 Å². The van der Waals surface area contributed by atoms with Gasteiger partial charge in [0.25, 0.3) is 0 Å². The van der Waals surface area contributed by atoms with Crippen LogP contribution in [0.2, 0.25) is 0 Å². The van der Waals surface area contributed by atoms with E-state index in [1.54, 1.807) is 4.90 Å². The van der Waals surface area contributed by atoms with Crippen LogP contribution in [-0.2, 0) is 4.79 Å². The number of rotatable bonds is 6. The van der Waals surface area contributed by atoms with Gasteiger partial charge < -0.3 is 4.90 Å². The van der Waals surface area contributed by atoms with Gasteiger partial charge in [0.2, 0.25) is 5.91 Å². The number of hydrogen-bond acceptors (Lipinski definition) is 2. The largest absolute Gasteiger partial charge is 0.329 e. The molecule has 14 heavy (non-hydrogen) atoms. The first-order valence-corrected chi connectivity index (χ1v) is 5.30. The standard InChI is InChI=1S/C11H20N2O/c1-4-7-13(8-6-12)11(14)9-10(3)5-2/h10H,4-5,7-9H2,1-3H3. The van der Waals surface area contributed by atoms with Crippen LogP contribution in [0.4, 0.5) is 0 Å². The SMILES string of the molecule is CCCN(CC#N)C(=O)CC(C)CC. The molecule has 0 bridgehead atoms. The Bertz CT molecular complexity index is 208. The molecule has 0 saturated carbocycles. The van der Waals surface area contributed by atoms with Crippen LogP contribution in [0.15, 0.2) is 0 Å². The minimum absolute atomic E-state index is 0.114. The molecule has 0 heterocycles. The number of carbonyl (C=O) groups is 1. The summed E-state index contributed by atoms with van der Waals surface area (Å²) in [6, 6.07) is 2.03. The first-order chi connectivity index (χ1) is 6.65. The van der Waals surface area contributed by atoms with Crippen LogP contribution < -0.4 is 0 Å². The minimum atomic E-state index is 0.114. The third-order valence-electron chi connectivity index (χ3n) is 2.33. The molecule has 0 fully saturated rings. The first kappa shape index (κ1) is 13.0. The van der Waals surface area contributed by atoms with E-state index in [1.807, 2.05) is 13.0 Å². The van der Waals surface area contributed by atoms with Crippen molar-refractivity contribution in [2.24, 2.45) is 5.92 Å². The lowest BCUT2D eigenvalue weighted by Gasteiger charge is -2.20. The van der Waals surface area contributed by atoms with Crippen molar-refractivity contribution in [3.05, 3.63) is 0 Å². The third-order valence-corrected chi connectivity index (χ3v) is 2.33. The molecule has 80 valence electrons. The van der Waals surface area contributed by atoms with Gasteiger partial charge in [-0.2, -0.15) is 5.26 Å². The Morgan fingerprint density at radius 3 is 2.57 bits per heavy atom. The molecule has 3 nitrogen and oxygen atoms in total. The number of nitrogens with zero attached hydrogens (tertiary/aromatic N) is 2. The van der Waals surface area contributed by atoms with Gasteiger partial charge in [0, 0.05) is 13.0 Å². The van der Waals surface area contributed by atoms with Gasteiger partial charge in [-0.05, 0) is 12.3 Å². The summed E-state index contributed by atoms with van der Waals surface area (Å²) in [7, 11) is 0. The number of carbonyl (C=O) groups excluding carboxylic acids is 1. The second-order valence-electron chi connectivity index (χ2n) is 3.69. The average molecular weight is 196 g/mol. The van der Waals surface area contributed by atoms with Gasteiger partial charge in [0.15, 0.2) is 0 Å². The molecule has 0 aromatic rings. The second kappa shape index (κ2) is 7.37. The summed E-state index contributed by atoms with van der Waals surface area (Å²) in [6.07, 6.45) is 2.49. The van der Waals surface area contributed by atoms with Crippen molar-refractivity contribution in [3.63, 3.8) is 0 Å². The van der Waals surface area contributed by atoms with Crippen molar-refractivity contribution in [1.29, 1.82) is 5.26 Å². The van der Waals surface area contributed by atoms with E-state index in [1.165, 1.54) is 0 Å². The zero-order valence-electron chi connectivity index (χ0n) is 9.42. The average Bonchev–Trinajstić information content (AvgIpc) is 2.17. The number of nitriles is 1. The molecule has 3 heteroatoms. The monoisotopic (exact) mass is 196 g/mol. The van der Waals surface area contributed by atoms with Gasteiger partial charge in [-0.3, -0.25) is 4.79 Å². The van der Waals surface area contributed by atoms with Crippen molar-refractivity contribution in [3.8, 4) is 6.07 Å². The summed E-state index contributed by atoms with van der Waals surface area (Å²) >= 11 is 0. The summed E-state index contributed by atoms with van der Waals surface area (Å²) in [5, 5.41) is 8.56. The molecule has 0 radical (unpaired) electrons.